The third-order valence-electron chi connectivity index (χ3n) is 13.9. The van der Waals surface area contributed by atoms with Gasteiger partial charge in [-0.15, -0.1) is 12.4 Å². The Morgan fingerprint density at radius 2 is 0.752 bits per heavy atom. The first-order valence-corrected chi connectivity index (χ1v) is 31.2. The van der Waals surface area contributed by atoms with Crippen LogP contribution in [0.3, 0.4) is 0 Å². The molecule has 0 heterocycles. The van der Waals surface area contributed by atoms with Crippen LogP contribution in [0.1, 0.15) is 66.3 Å². The maximum Gasteiger partial charge on any atom is 0.331 e. The number of nitrogens with two attached hydrogens (primary N) is 3. The minimum Gasteiger partial charge on any atom is -0.461 e. The molecule has 0 bridgehead atoms. The van der Waals surface area contributed by atoms with Crippen LogP contribution in [-0.4, -0.2) is 157 Å². The van der Waals surface area contributed by atoms with E-state index in [1.165, 1.54) is 0 Å². The predicted octanol–water partition coefficient (Wildman–Crippen LogP) is -0.412. The summed E-state index contributed by atoms with van der Waals surface area (Å²) in [5.74, 6) is -11.4. The Bertz CT molecular complexity index is 3560. The molecule has 0 fully saturated rings. The second-order valence-corrected chi connectivity index (χ2v) is 21.8. The third-order valence-corrected chi connectivity index (χ3v) is 13.9. The van der Waals surface area contributed by atoms with Crippen molar-refractivity contribution in [2.24, 2.45) is 27.2 Å². The van der Waals surface area contributed by atoms with Crippen LogP contribution in [0.15, 0.2) is 162 Å². The fourth-order valence-corrected chi connectivity index (χ4v) is 8.82. The molecule has 7 amide bonds. The summed E-state index contributed by atoms with van der Waals surface area (Å²) in [6.07, 6.45) is -2.02. The second-order valence-electron chi connectivity index (χ2n) is 21.8. The van der Waals surface area contributed by atoms with Gasteiger partial charge in [-0.2, -0.15) is 0 Å². The SMILES string of the molecule is Cl.NC(=NCCC[C@H](NC(=O)[C@H](COCc1ccccc1)NC(=O)[C@H](CC(=O)OCc1ccccc1)NC(=O)CNC(=O)[C@@H](N)CCCN=C(N)N[N+](=O)[O-])C(=O)NCC(=O)N[C@@H](CC(=O)OCc1ccccc1)C(=O)N[C@@H](COCc1ccccc1)C(=O)OCc1ccccc1)N[N+](=O)[O-]. The Morgan fingerprint density at radius 3 is 1.16 bits per heavy atom. The zero-order chi connectivity index (χ0) is 72.4. The Balaban J connectivity index is 0.0000216. The maximum atomic E-state index is 14.6. The summed E-state index contributed by atoms with van der Waals surface area (Å²) in [5.41, 5.74) is 23.5. The van der Waals surface area contributed by atoms with Gasteiger partial charge in [0.1, 0.15) is 44.0 Å². The van der Waals surface area contributed by atoms with Crippen LogP contribution >= 0.6 is 12.4 Å². The van der Waals surface area contributed by atoms with Gasteiger partial charge in [0, 0.05) is 13.1 Å². The van der Waals surface area contributed by atoms with E-state index in [1.807, 2.05) is 0 Å². The van der Waals surface area contributed by atoms with Crippen molar-refractivity contribution in [1.29, 1.82) is 0 Å². The molecular formula is C65H81ClN16O19. The van der Waals surface area contributed by atoms with Gasteiger partial charge in [-0.1, -0.05) is 163 Å². The molecule has 0 radical (unpaired) electrons. The van der Waals surface area contributed by atoms with Gasteiger partial charge in [-0.3, -0.25) is 43.2 Å². The highest BCUT2D eigenvalue weighted by molar-refractivity contribution is 5.98. The number of benzene rings is 5. The first-order chi connectivity index (χ1) is 48.1. The lowest BCUT2D eigenvalue weighted by Gasteiger charge is -2.25. The molecule has 542 valence electrons. The second kappa shape index (κ2) is 45.7. The zero-order valence-corrected chi connectivity index (χ0v) is 55.4. The number of hydrogen-bond donors (Lipinski definition) is 12. The quantitative estimate of drug-likeness (QED) is 0.00449. The van der Waals surface area contributed by atoms with Gasteiger partial charge in [0.05, 0.1) is 58.4 Å². The van der Waals surface area contributed by atoms with Crippen molar-refractivity contribution in [3.8, 4) is 0 Å². The highest BCUT2D eigenvalue weighted by Gasteiger charge is 2.34. The summed E-state index contributed by atoms with van der Waals surface area (Å²) in [7, 11) is 0. The molecule has 0 saturated heterocycles. The van der Waals surface area contributed by atoms with E-state index < -0.39 is 157 Å². The number of aliphatic imine (C=N–C) groups is 2. The number of hydrazine groups is 2. The van der Waals surface area contributed by atoms with Crippen LogP contribution in [0.2, 0.25) is 0 Å². The lowest BCUT2D eigenvalue weighted by atomic mass is 10.1. The molecule has 0 unspecified atom stereocenters. The van der Waals surface area contributed by atoms with Crippen molar-refractivity contribution >= 4 is 83.6 Å². The molecule has 0 aromatic heterocycles. The van der Waals surface area contributed by atoms with Crippen molar-refractivity contribution in [3.05, 3.63) is 200 Å². The highest BCUT2D eigenvalue weighted by atomic mass is 35.5. The number of nitro groups is 2. The van der Waals surface area contributed by atoms with Gasteiger partial charge in [-0.05, 0) is 53.5 Å². The van der Waals surface area contributed by atoms with Gasteiger partial charge in [-0.25, -0.2) is 35.0 Å². The van der Waals surface area contributed by atoms with Crippen molar-refractivity contribution in [1.82, 2.24) is 48.1 Å². The van der Waals surface area contributed by atoms with E-state index >= 15 is 0 Å². The Hall–Kier alpha value is -11.7. The normalized spacial score (nSPS) is 12.8. The van der Waals surface area contributed by atoms with Crippen molar-refractivity contribution in [2.45, 2.75) is 108 Å². The lowest BCUT2D eigenvalue weighted by Crippen LogP contribution is -2.59. The molecule has 0 aliphatic carbocycles. The molecule has 15 N–H and O–H groups in total. The number of ether oxygens (including phenoxy) is 5. The van der Waals surface area contributed by atoms with Crippen molar-refractivity contribution in [2.75, 3.05) is 39.4 Å². The average molecular weight is 1430 g/mol. The van der Waals surface area contributed by atoms with E-state index in [1.54, 1.807) is 163 Å². The van der Waals surface area contributed by atoms with Gasteiger partial charge in [0.25, 0.3) is 11.9 Å². The Morgan fingerprint density at radius 1 is 0.416 bits per heavy atom. The molecule has 101 heavy (non-hydrogen) atoms. The molecule has 5 rings (SSSR count). The van der Waals surface area contributed by atoms with E-state index in [2.05, 4.69) is 47.2 Å². The molecule has 0 aliphatic rings. The molecular weight excluding hydrogens is 1340 g/mol. The van der Waals surface area contributed by atoms with Crippen LogP contribution in [0, 0.1) is 20.2 Å². The summed E-state index contributed by atoms with van der Waals surface area (Å²) in [6.45, 7) is -3.97. The fourth-order valence-electron chi connectivity index (χ4n) is 8.82. The number of carbonyl (C=O) groups is 10. The molecule has 5 aromatic carbocycles. The van der Waals surface area contributed by atoms with Crippen LogP contribution in [0.25, 0.3) is 0 Å². The minimum atomic E-state index is -1.83. The molecule has 35 nitrogen and oxygen atoms in total. The molecule has 36 heteroatoms. The van der Waals surface area contributed by atoms with Crippen LogP contribution in [0.4, 0.5) is 0 Å². The third kappa shape index (κ3) is 33.9. The minimum absolute atomic E-state index is 0. The summed E-state index contributed by atoms with van der Waals surface area (Å²) in [5, 5.41) is 36.6. The van der Waals surface area contributed by atoms with E-state index in [-0.39, 0.29) is 84.2 Å². The number of esters is 3. The number of hydrogen-bond acceptors (Lipinski definition) is 22. The zero-order valence-electron chi connectivity index (χ0n) is 54.6. The van der Waals surface area contributed by atoms with Gasteiger partial charge >= 0.3 is 17.9 Å². The van der Waals surface area contributed by atoms with Gasteiger partial charge in [0.2, 0.25) is 41.4 Å². The predicted molar refractivity (Wildman–Crippen MR) is 363 cm³/mol. The van der Waals surface area contributed by atoms with E-state index in [0.29, 0.717) is 22.3 Å². The summed E-state index contributed by atoms with van der Waals surface area (Å²) in [6, 6.07) is 33.2. The summed E-state index contributed by atoms with van der Waals surface area (Å²) < 4.78 is 28.1. The van der Waals surface area contributed by atoms with Crippen LogP contribution in [-0.2, 0) is 105 Å². The molecule has 0 spiro atoms. The van der Waals surface area contributed by atoms with E-state index in [9.17, 15) is 68.2 Å². The summed E-state index contributed by atoms with van der Waals surface area (Å²) in [4.78, 5) is 168. The van der Waals surface area contributed by atoms with Crippen molar-refractivity contribution < 1.29 is 81.7 Å². The number of amides is 7. The summed E-state index contributed by atoms with van der Waals surface area (Å²) >= 11 is 0. The highest BCUT2D eigenvalue weighted by Crippen LogP contribution is 2.11. The fraction of sp³-hybridized carbons (Fsp3) is 0.354. The molecule has 5 aromatic rings. The largest absolute Gasteiger partial charge is 0.461 e. The number of halogens is 1. The Kier molecular flexibility index (Phi) is 37.0. The topological polar surface area (TPSA) is 514 Å². The number of carbonyl (C=O) groups excluding carboxylic acids is 10. The standard InChI is InChI=1S/C65H80N16O19.ClH/c66-48(28-16-30-69-64(67)78-80(92)93)58(86)71-34-54(82)73-50(32-56(84)98-38-45-22-10-3-11-23-45)60(88)76-52(41-96-36-43-18-6-1-7-19-43)62(90)75-49(29-17-31-70-65(68)79-81(94)95)59(87)72-35-55(83)74-51(33-57(85)99-39-46-24-12-4-13-25-46)61(89)77-53(42-97-37-44-20-8-2-9-21-44)63(91)100-40-47-26-14-5-15-27-47;/h1-15,18-27,48-53H,16-17,28-42,66H2,(H,71,86)(H,72,87)(H,73,82)(H,74,83)(H,75,90)(H,76,88)(H,77,89)(H3,67,69,78)(H3,68,70,79);1H/t48-,49-,50-,51-,52-,53-;/m0./s1. The lowest BCUT2D eigenvalue weighted by molar-refractivity contribution is -0.525. The number of rotatable bonds is 43. The molecule has 0 saturated carbocycles. The first-order valence-electron chi connectivity index (χ1n) is 31.2. The van der Waals surface area contributed by atoms with Gasteiger partial charge in [0.15, 0.2) is 16.1 Å². The van der Waals surface area contributed by atoms with Gasteiger partial charge < -0.3 is 78.1 Å². The van der Waals surface area contributed by atoms with E-state index in [0.717, 1.165) is 5.56 Å². The number of nitrogens with one attached hydrogen (secondary N) is 9. The first kappa shape index (κ1) is 81.7. The maximum absolute atomic E-state index is 14.6. The molecule has 6 atom stereocenters. The van der Waals surface area contributed by atoms with Crippen molar-refractivity contribution in [3.63, 3.8) is 0 Å². The van der Waals surface area contributed by atoms with Crippen LogP contribution in [0.5, 0.6) is 0 Å². The van der Waals surface area contributed by atoms with Crippen LogP contribution < -0.4 is 65.3 Å². The van der Waals surface area contributed by atoms with E-state index in [4.69, 9.17) is 40.9 Å². The number of nitrogens with zero attached hydrogens (tertiary/aromatic N) is 4. The average Bonchev–Trinajstić information content (AvgIpc) is 0.988. The number of guanidine groups is 2. The smallest absolute Gasteiger partial charge is 0.331 e. The monoisotopic (exact) mass is 1420 g/mol. The molecule has 0 aliphatic heterocycles. The Labute approximate surface area is 585 Å².